The first-order valence-corrected chi connectivity index (χ1v) is 6.74. The van der Waals surface area contributed by atoms with Gasteiger partial charge in [-0.05, 0) is 27.4 Å². The third kappa shape index (κ3) is 1.98. The first-order chi connectivity index (χ1) is 6.68. The molecule has 0 aliphatic carbocycles. The predicted molar refractivity (Wildman–Crippen MR) is 61.8 cm³/mol. The summed E-state index contributed by atoms with van der Waals surface area (Å²) in [6.45, 7) is 0. The van der Waals surface area contributed by atoms with Crippen molar-refractivity contribution >= 4 is 45.0 Å². The number of hydrogen-bond acceptors (Lipinski definition) is 4. The fourth-order valence-corrected chi connectivity index (χ4v) is 4.48. The minimum Gasteiger partial charge on any atom is -0.480 e. The van der Waals surface area contributed by atoms with Gasteiger partial charge >= 0.3 is 5.97 Å². The van der Waals surface area contributed by atoms with Crippen LogP contribution in [0, 0.1) is 0 Å². The van der Waals surface area contributed by atoms with E-state index < -0.39 is 12.0 Å². The van der Waals surface area contributed by atoms with Gasteiger partial charge in [-0.25, -0.2) is 0 Å². The lowest BCUT2D eigenvalue weighted by atomic mass is 10.3. The second kappa shape index (κ2) is 4.22. The molecule has 0 bridgehead atoms. The molecule has 2 atom stereocenters. The topological polar surface area (TPSA) is 49.3 Å². The van der Waals surface area contributed by atoms with E-state index in [1.54, 1.807) is 23.1 Å². The molecule has 1 unspecified atom stereocenters. The molecule has 1 aromatic rings. The van der Waals surface area contributed by atoms with Crippen molar-refractivity contribution in [1.29, 1.82) is 0 Å². The quantitative estimate of drug-likeness (QED) is 0.878. The van der Waals surface area contributed by atoms with Crippen LogP contribution in [0.4, 0.5) is 0 Å². The summed E-state index contributed by atoms with van der Waals surface area (Å²) >= 11 is 6.72. The molecule has 2 rings (SSSR count). The number of aliphatic carboxylic acids is 1. The maximum absolute atomic E-state index is 10.7. The number of hydrogen-bond donors (Lipinski definition) is 2. The van der Waals surface area contributed by atoms with Crippen LogP contribution < -0.4 is 5.32 Å². The summed E-state index contributed by atoms with van der Waals surface area (Å²) < 4.78 is 1.05. The van der Waals surface area contributed by atoms with Crippen molar-refractivity contribution in [2.45, 2.75) is 11.4 Å². The minimum absolute atomic E-state index is 0.116. The van der Waals surface area contributed by atoms with Gasteiger partial charge < -0.3 is 5.11 Å². The maximum atomic E-state index is 10.7. The Morgan fingerprint density at radius 3 is 3.00 bits per heavy atom. The van der Waals surface area contributed by atoms with Crippen LogP contribution in [0.2, 0.25) is 0 Å². The SMILES string of the molecule is O=C(O)[C@@H]1CSC(c2sccc2Br)N1. The number of nitrogens with one attached hydrogen (secondary N) is 1. The molecular formula is C8H8BrNO2S2. The molecule has 14 heavy (non-hydrogen) atoms. The lowest BCUT2D eigenvalue weighted by Crippen LogP contribution is -2.33. The summed E-state index contributed by atoms with van der Waals surface area (Å²) in [6, 6.07) is 1.56. The van der Waals surface area contributed by atoms with E-state index >= 15 is 0 Å². The Bertz CT molecular complexity index is 355. The normalized spacial score (nSPS) is 26.6. The van der Waals surface area contributed by atoms with E-state index in [1.807, 2.05) is 11.4 Å². The molecule has 1 aliphatic heterocycles. The average molecular weight is 294 g/mol. The van der Waals surface area contributed by atoms with E-state index in [0.717, 1.165) is 4.47 Å². The van der Waals surface area contributed by atoms with Gasteiger partial charge in [0.25, 0.3) is 0 Å². The Kier molecular flexibility index (Phi) is 3.16. The fourth-order valence-electron chi connectivity index (χ4n) is 1.26. The van der Waals surface area contributed by atoms with Gasteiger partial charge in [0.2, 0.25) is 0 Å². The number of thiophene rings is 1. The molecule has 0 spiro atoms. The summed E-state index contributed by atoms with van der Waals surface area (Å²) in [7, 11) is 0. The molecule has 0 radical (unpaired) electrons. The number of thioether (sulfide) groups is 1. The zero-order valence-corrected chi connectivity index (χ0v) is 10.3. The molecule has 1 aliphatic rings. The van der Waals surface area contributed by atoms with Crippen LogP contribution in [0.1, 0.15) is 10.3 Å². The Labute approximate surface area is 98.0 Å². The van der Waals surface area contributed by atoms with Crippen LogP contribution in [0.3, 0.4) is 0 Å². The molecule has 3 nitrogen and oxygen atoms in total. The number of carboxylic acids is 1. The summed E-state index contributed by atoms with van der Waals surface area (Å²) in [5.74, 6) is -0.141. The zero-order chi connectivity index (χ0) is 10.1. The zero-order valence-electron chi connectivity index (χ0n) is 7.07. The van der Waals surface area contributed by atoms with Crippen LogP contribution in [0.5, 0.6) is 0 Å². The monoisotopic (exact) mass is 293 g/mol. The van der Waals surface area contributed by atoms with Gasteiger partial charge in [-0.3, -0.25) is 10.1 Å². The minimum atomic E-state index is -0.771. The third-order valence-corrected chi connectivity index (χ3v) is 5.28. The van der Waals surface area contributed by atoms with Crippen LogP contribution >= 0.6 is 39.0 Å². The molecular weight excluding hydrogens is 286 g/mol. The van der Waals surface area contributed by atoms with Crippen molar-refractivity contribution in [1.82, 2.24) is 5.32 Å². The second-order valence-electron chi connectivity index (χ2n) is 2.90. The van der Waals surface area contributed by atoms with Crippen molar-refractivity contribution in [3.05, 3.63) is 20.8 Å². The average Bonchev–Trinajstić information content (AvgIpc) is 2.71. The molecule has 0 amide bonds. The van der Waals surface area contributed by atoms with E-state index in [1.165, 1.54) is 4.88 Å². The number of rotatable bonds is 2. The van der Waals surface area contributed by atoms with Crippen molar-refractivity contribution < 1.29 is 9.90 Å². The highest BCUT2D eigenvalue weighted by Crippen LogP contribution is 2.39. The van der Waals surface area contributed by atoms with Gasteiger partial charge in [-0.1, -0.05) is 0 Å². The van der Waals surface area contributed by atoms with Gasteiger partial charge in [0.05, 0.1) is 5.37 Å². The Balaban J connectivity index is 2.10. The van der Waals surface area contributed by atoms with Crippen molar-refractivity contribution in [3.8, 4) is 0 Å². The van der Waals surface area contributed by atoms with E-state index in [2.05, 4.69) is 21.2 Å². The maximum Gasteiger partial charge on any atom is 0.321 e. The lowest BCUT2D eigenvalue weighted by molar-refractivity contribution is -0.138. The smallest absolute Gasteiger partial charge is 0.321 e. The molecule has 0 aromatic carbocycles. The van der Waals surface area contributed by atoms with Gasteiger partial charge in [0, 0.05) is 15.1 Å². The summed E-state index contributed by atoms with van der Waals surface area (Å²) in [5, 5.41) is 14.0. The van der Waals surface area contributed by atoms with Crippen molar-refractivity contribution in [3.63, 3.8) is 0 Å². The highest BCUT2D eigenvalue weighted by Gasteiger charge is 2.31. The fraction of sp³-hybridized carbons (Fsp3) is 0.375. The van der Waals surface area contributed by atoms with Crippen molar-refractivity contribution in [2.75, 3.05) is 5.75 Å². The molecule has 1 aromatic heterocycles. The van der Waals surface area contributed by atoms with E-state index in [-0.39, 0.29) is 5.37 Å². The van der Waals surface area contributed by atoms with Crippen LogP contribution in [-0.2, 0) is 4.79 Å². The first kappa shape index (κ1) is 10.5. The van der Waals surface area contributed by atoms with Gasteiger partial charge in [-0.2, -0.15) is 0 Å². The molecule has 6 heteroatoms. The Morgan fingerprint density at radius 2 is 2.50 bits per heavy atom. The standard InChI is InChI=1S/C8H8BrNO2S2/c9-4-1-2-13-6(4)7-10-5(3-14-7)8(11)12/h1-2,5,7,10H,3H2,(H,11,12)/t5-,7?/m0/s1. The first-order valence-electron chi connectivity index (χ1n) is 4.02. The van der Waals surface area contributed by atoms with Crippen LogP contribution in [-0.4, -0.2) is 22.9 Å². The van der Waals surface area contributed by atoms with E-state index in [0.29, 0.717) is 5.75 Å². The molecule has 1 saturated heterocycles. The Hall–Kier alpha value is -0.0400. The number of halogens is 1. The summed E-state index contributed by atoms with van der Waals surface area (Å²) in [4.78, 5) is 11.9. The predicted octanol–water partition coefficient (Wildman–Crippen LogP) is 2.30. The van der Waals surface area contributed by atoms with Crippen LogP contribution in [0.15, 0.2) is 15.9 Å². The number of carboxylic acid groups (broad SMARTS) is 1. The van der Waals surface area contributed by atoms with Gasteiger partial charge in [0.1, 0.15) is 6.04 Å². The van der Waals surface area contributed by atoms with Crippen LogP contribution in [0.25, 0.3) is 0 Å². The van der Waals surface area contributed by atoms with Gasteiger partial charge in [0.15, 0.2) is 0 Å². The highest BCUT2D eigenvalue weighted by molar-refractivity contribution is 9.10. The van der Waals surface area contributed by atoms with E-state index in [4.69, 9.17) is 5.11 Å². The van der Waals surface area contributed by atoms with Crippen molar-refractivity contribution in [2.24, 2.45) is 0 Å². The third-order valence-electron chi connectivity index (χ3n) is 1.96. The molecule has 1 fully saturated rings. The molecule has 2 heterocycles. The van der Waals surface area contributed by atoms with E-state index in [9.17, 15) is 4.79 Å². The largest absolute Gasteiger partial charge is 0.480 e. The molecule has 76 valence electrons. The molecule has 2 N–H and O–H groups in total. The van der Waals surface area contributed by atoms with Gasteiger partial charge in [-0.15, -0.1) is 23.1 Å². The number of carbonyl (C=O) groups is 1. The summed E-state index contributed by atoms with van der Waals surface area (Å²) in [5.41, 5.74) is 0. The Morgan fingerprint density at radius 1 is 1.71 bits per heavy atom. The summed E-state index contributed by atoms with van der Waals surface area (Å²) in [6.07, 6.45) is 0. The lowest BCUT2D eigenvalue weighted by Gasteiger charge is -2.09. The molecule has 0 saturated carbocycles. The second-order valence-corrected chi connectivity index (χ2v) is 5.84. The highest BCUT2D eigenvalue weighted by atomic mass is 79.9.